The van der Waals surface area contributed by atoms with Gasteiger partial charge in [0, 0.05) is 19.0 Å². The first-order valence-corrected chi connectivity index (χ1v) is 4.44. The number of hydrogen-bond acceptors (Lipinski definition) is 2. The van der Waals surface area contributed by atoms with Gasteiger partial charge in [0.25, 0.3) is 0 Å². The van der Waals surface area contributed by atoms with E-state index in [1.165, 1.54) is 0 Å². The highest BCUT2D eigenvalue weighted by Gasteiger charge is 2.27. The van der Waals surface area contributed by atoms with E-state index in [2.05, 4.69) is 5.32 Å². The molecule has 0 saturated carbocycles. The van der Waals surface area contributed by atoms with E-state index in [-0.39, 0.29) is 12.6 Å². The highest BCUT2D eigenvalue weighted by atomic mass is 19.4. The normalized spacial score (nSPS) is 13.8. The second-order valence-electron chi connectivity index (χ2n) is 3.09. The summed E-state index contributed by atoms with van der Waals surface area (Å²) < 4.78 is 35.0. The Morgan fingerprint density at radius 1 is 1.50 bits per heavy atom. The third kappa shape index (κ3) is 7.85. The predicted octanol–water partition coefficient (Wildman–Crippen LogP) is 1.18. The summed E-state index contributed by atoms with van der Waals surface area (Å²) in [7, 11) is 0. The summed E-state index contributed by atoms with van der Waals surface area (Å²) in [6.45, 7) is 2.07. The zero-order valence-electron chi connectivity index (χ0n) is 8.03. The number of carbonyl (C=O) groups is 1. The van der Waals surface area contributed by atoms with Crippen molar-refractivity contribution in [2.45, 2.75) is 38.4 Å². The molecular weight excluding hydrogens is 197 g/mol. The Bertz CT molecular complexity index is 182. The lowest BCUT2D eigenvalue weighted by molar-refractivity contribution is -0.144. The summed E-state index contributed by atoms with van der Waals surface area (Å²) in [6, 6.07) is -0.190. The SMILES string of the molecule is CCC(N)CNC(=O)CCC(F)(F)F. The van der Waals surface area contributed by atoms with Crippen LogP contribution in [0, 0.1) is 0 Å². The topological polar surface area (TPSA) is 55.1 Å². The van der Waals surface area contributed by atoms with Gasteiger partial charge in [-0.15, -0.1) is 0 Å². The molecule has 0 aromatic carbocycles. The van der Waals surface area contributed by atoms with Crippen LogP contribution in [-0.4, -0.2) is 24.7 Å². The third-order valence-electron chi connectivity index (χ3n) is 1.72. The monoisotopic (exact) mass is 212 g/mol. The van der Waals surface area contributed by atoms with Crippen LogP contribution in [0.4, 0.5) is 13.2 Å². The summed E-state index contributed by atoms with van der Waals surface area (Å²) >= 11 is 0. The Morgan fingerprint density at radius 2 is 2.07 bits per heavy atom. The molecule has 1 amide bonds. The Morgan fingerprint density at radius 3 is 2.50 bits per heavy atom. The van der Waals surface area contributed by atoms with Gasteiger partial charge in [0.15, 0.2) is 0 Å². The maximum absolute atomic E-state index is 11.7. The number of alkyl halides is 3. The molecule has 0 aromatic rings. The highest BCUT2D eigenvalue weighted by Crippen LogP contribution is 2.20. The van der Waals surface area contributed by atoms with Crippen LogP contribution >= 0.6 is 0 Å². The molecule has 84 valence electrons. The molecule has 0 bridgehead atoms. The van der Waals surface area contributed by atoms with Crippen LogP contribution in [0.2, 0.25) is 0 Å². The Hall–Kier alpha value is -0.780. The van der Waals surface area contributed by atoms with Crippen LogP contribution in [0.5, 0.6) is 0 Å². The number of rotatable bonds is 5. The van der Waals surface area contributed by atoms with E-state index in [0.717, 1.165) is 0 Å². The molecule has 1 atom stereocenters. The van der Waals surface area contributed by atoms with Crippen molar-refractivity contribution in [2.75, 3.05) is 6.54 Å². The van der Waals surface area contributed by atoms with Crippen molar-refractivity contribution in [3.8, 4) is 0 Å². The van der Waals surface area contributed by atoms with E-state index in [4.69, 9.17) is 5.73 Å². The van der Waals surface area contributed by atoms with Crippen LogP contribution in [0.25, 0.3) is 0 Å². The molecule has 0 aromatic heterocycles. The number of nitrogens with one attached hydrogen (secondary N) is 1. The van der Waals surface area contributed by atoms with Gasteiger partial charge in [-0.3, -0.25) is 4.79 Å². The summed E-state index contributed by atoms with van der Waals surface area (Å²) in [5, 5.41) is 2.34. The molecule has 0 aliphatic rings. The van der Waals surface area contributed by atoms with Gasteiger partial charge in [-0.1, -0.05) is 6.92 Å². The number of nitrogens with two attached hydrogens (primary N) is 1. The van der Waals surface area contributed by atoms with Crippen molar-refractivity contribution in [3.63, 3.8) is 0 Å². The van der Waals surface area contributed by atoms with Gasteiger partial charge in [-0.05, 0) is 6.42 Å². The van der Waals surface area contributed by atoms with Crippen molar-refractivity contribution < 1.29 is 18.0 Å². The van der Waals surface area contributed by atoms with Gasteiger partial charge in [-0.25, -0.2) is 0 Å². The number of hydrogen-bond donors (Lipinski definition) is 2. The Kier molecular flexibility index (Phi) is 5.52. The fourth-order valence-electron chi connectivity index (χ4n) is 0.733. The first-order chi connectivity index (χ1) is 6.35. The van der Waals surface area contributed by atoms with Gasteiger partial charge >= 0.3 is 6.18 Å². The van der Waals surface area contributed by atoms with Crippen molar-refractivity contribution in [1.29, 1.82) is 0 Å². The standard InChI is InChI=1S/C8H15F3N2O/c1-2-6(12)5-13-7(14)3-4-8(9,10)11/h6H,2-5,12H2,1H3,(H,13,14). The molecule has 0 aliphatic carbocycles. The average Bonchev–Trinajstić information content (AvgIpc) is 2.09. The van der Waals surface area contributed by atoms with Gasteiger partial charge in [0.1, 0.15) is 0 Å². The molecule has 0 spiro atoms. The van der Waals surface area contributed by atoms with Crippen LogP contribution in [0.15, 0.2) is 0 Å². The zero-order valence-corrected chi connectivity index (χ0v) is 8.03. The van der Waals surface area contributed by atoms with Crippen molar-refractivity contribution in [3.05, 3.63) is 0 Å². The fourth-order valence-corrected chi connectivity index (χ4v) is 0.733. The number of carbonyl (C=O) groups excluding carboxylic acids is 1. The molecule has 0 fully saturated rings. The molecule has 0 aliphatic heterocycles. The Balaban J connectivity index is 3.57. The summed E-state index contributed by atoms with van der Waals surface area (Å²) in [4.78, 5) is 10.8. The lowest BCUT2D eigenvalue weighted by Gasteiger charge is -2.10. The molecule has 0 radical (unpaired) electrons. The molecule has 0 rings (SSSR count). The van der Waals surface area contributed by atoms with Crippen LogP contribution in [0.1, 0.15) is 26.2 Å². The largest absolute Gasteiger partial charge is 0.389 e. The molecule has 1 unspecified atom stereocenters. The lowest BCUT2D eigenvalue weighted by Crippen LogP contribution is -2.37. The molecule has 3 nitrogen and oxygen atoms in total. The van der Waals surface area contributed by atoms with Crippen LogP contribution < -0.4 is 11.1 Å². The second kappa shape index (κ2) is 5.85. The van der Waals surface area contributed by atoms with Crippen molar-refractivity contribution in [1.82, 2.24) is 5.32 Å². The van der Waals surface area contributed by atoms with Crippen molar-refractivity contribution in [2.24, 2.45) is 5.73 Å². The maximum Gasteiger partial charge on any atom is 0.389 e. The zero-order chi connectivity index (χ0) is 11.2. The predicted molar refractivity (Wildman–Crippen MR) is 46.6 cm³/mol. The number of halogens is 3. The van der Waals surface area contributed by atoms with Crippen LogP contribution in [-0.2, 0) is 4.79 Å². The van der Waals surface area contributed by atoms with E-state index in [0.29, 0.717) is 6.42 Å². The van der Waals surface area contributed by atoms with Gasteiger partial charge in [0.05, 0.1) is 6.42 Å². The molecule has 14 heavy (non-hydrogen) atoms. The summed E-state index contributed by atoms with van der Waals surface area (Å²) in [5.74, 6) is -0.605. The molecule has 0 heterocycles. The smallest absolute Gasteiger partial charge is 0.355 e. The average molecular weight is 212 g/mol. The molecular formula is C8H15F3N2O. The minimum absolute atomic E-state index is 0.190. The third-order valence-corrected chi connectivity index (χ3v) is 1.72. The second-order valence-corrected chi connectivity index (χ2v) is 3.09. The lowest BCUT2D eigenvalue weighted by atomic mass is 10.2. The summed E-state index contributed by atoms with van der Waals surface area (Å²) in [6.07, 6.45) is -5.20. The van der Waals surface area contributed by atoms with E-state index in [9.17, 15) is 18.0 Å². The van der Waals surface area contributed by atoms with E-state index in [1.807, 2.05) is 6.92 Å². The van der Waals surface area contributed by atoms with E-state index in [1.54, 1.807) is 0 Å². The highest BCUT2D eigenvalue weighted by molar-refractivity contribution is 5.75. The van der Waals surface area contributed by atoms with E-state index < -0.39 is 24.9 Å². The van der Waals surface area contributed by atoms with Crippen LogP contribution in [0.3, 0.4) is 0 Å². The Labute approximate surface area is 80.8 Å². The molecule has 0 saturated heterocycles. The fraction of sp³-hybridized carbons (Fsp3) is 0.875. The first-order valence-electron chi connectivity index (χ1n) is 4.44. The van der Waals surface area contributed by atoms with Gasteiger partial charge in [-0.2, -0.15) is 13.2 Å². The quantitative estimate of drug-likeness (QED) is 0.719. The first kappa shape index (κ1) is 13.2. The van der Waals surface area contributed by atoms with Crippen molar-refractivity contribution >= 4 is 5.91 Å². The summed E-state index contributed by atoms with van der Waals surface area (Å²) in [5.41, 5.74) is 5.47. The van der Waals surface area contributed by atoms with Gasteiger partial charge < -0.3 is 11.1 Å². The molecule has 6 heteroatoms. The minimum Gasteiger partial charge on any atom is -0.355 e. The number of amides is 1. The van der Waals surface area contributed by atoms with E-state index >= 15 is 0 Å². The molecule has 3 N–H and O–H groups in total. The van der Waals surface area contributed by atoms with Gasteiger partial charge in [0.2, 0.25) is 5.91 Å². The maximum atomic E-state index is 11.7. The minimum atomic E-state index is -4.27.